The van der Waals surface area contributed by atoms with Crippen LogP contribution in [0.5, 0.6) is 11.5 Å². The molecule has 144 valence electrons. The highest BCUT2D eigenvalue weighted by atomic mass is 35.5. The Morgan fingerprint density at radius 3 is 2.70 bits per heavy atom. The summed E-state index contributed by atoms with van der Waals surface area (Å²) in [5.74, 6) is 2.20. The fourth-order valence-electron chi connectivity index (χ4n) is 2.97. The lowest BCUT2D eigenvalue weighted by Crippen LogP contribution is -2.20. The van der Waals surface area contributed by atoms with Crippen molar-refractivity contribution in [2.24, 2.45) is 0 Å². The number of rotatable bonds is 7. The summed E-state index contributed by atoms with van der Waals surface area (Å²) in [5.41, 5.74) is 2.50. The Morgan fingerprint density at radius 2 is 2.04 bits per heavy atom. The second kappa shape index (κ2) is 8.02. The van der Waals surface area contributed by atoms with Gasteiger partial charge in [0, 0.05) is 49.4 Å². The summed E-state index contributed by atoms with van der Waals surface area (Å²) in [6, 6.07) is 7.49. The molecule has 3 rings (SSSR count). The molecule has 0 fully saturated rings. The van der Waals surface area contributed by atoms with Crippen LogP contribution in [-0.2, 0) is 6.54 Å². The van der Waals surface area contributed by atoms with E-state index in [0.29, 0.717) is 17.3 Å². The molecule has 1 N–H and O–H groups in total. The minimum atomic E-state index is -0.0756. The smallest absolute Gasteiger partial charge is 0.162 e. The Hall–Kier alpha value is -2.51. The van der Waals surface area contributed by atoms with Crippen LogP contribution in [0.25, 0.3) is 5.65 Å². The summed E-state index contributed by atoms with van der Waals surface area (Å²) >= 11 is 6.26. The molecule has 7 nitrogen and oxygen atoms in total. The first-order chi connectivity index (χ1) is 13.0. The number of nitrogens with zero attached hydrogens (tertiary/aromatic N) is 4. The van der Waals surface area contributed by atoms with Crippen LogP contribution in [-0.4, -0.2) is 47.6 Å². The number of aliphatic hydroxyl groups excluding tert-OH is 1. The largest absolute Gasteiger partial charge is 0.497 e. The van der Waals surface area contributed by atoms with E-state index in [2.05, 4.69) is 10.1 Å². The number of ether oxygens (including phenoxy) is 2. The van der Waals surface area contributed by atoms with Crippen LogP contribution >= 0.6 is 11.6 Å². The molecular weight excluding hydrogens is 368 g/mol. The van der Waals surface area contributed by atoms with Crippen molar-refractivity contribution in [3.8, 4) is 11.5 Å². The van der Waals surface area contributed by atoms with Gasteiger partial charge in [0.15, 0.2) is 5.65 Å². The van der Waals surface area contributed by atoms with Gasteiger partial charge in [-0.3, -0.25) is 0 Å². The second-order valence-corrected chi connectivity index (χ2v) is 6.78. The lowest BCUT2D eigenvalue weighted by Gasteiger charge is -2.22. The van der Waals surface area contributed by atoms with Gasteiger partial charge in [-0.2, -0.15) is 9.61 Å². The fraction of sp³-hybridized carbons (Fsp3) is 0.368. The van der Waals surface area contributed by atoms with Gasteiger partial charge in [0.2, 0.25) is 0 Å². The van der Waals surface area contributed by atoms with Crippen LogP contribution in [0.3, 0.4) is 0 Å². The summed E-state index contributed by atoms with van der Waals surface area (Å²) in [5, 5.41) is 14.3. The van der Waals surface area contributed by atoms with Crippen molar-refractivity contribution < 1.29 is 14.6 Å². The van der Waals surface area contributed by atoms with Crippen molar-refractivity contribution in [2.75, 3.05) is 32.8 Å². The van der Waals surface area contributed by atoms with Crippen molar-refractivity contribution in [1.29, 1.82) is 0 Å². The highest BCUT2D eigenvalue weighted by Crippen LogP contribution is 2.29. The number of aromatic nitrogens is 3. The molecule has 0 saturated heterocycles. The SMILES string of the molecule is COc1ccc(CN(C)c2cc(Cl)nc3c(C(C)CO)cnn23)c(OC)c1. The maximum absolute atomic E-state index is 9.48. The summed E-state index contributed by atoms with van der Waals surface area (Å²) < 4.78 is 12.5. The number of anilines is 1. The number of aliphatic hydroxyl groups is 1. The zero-order valence-electron chi connectivity index (χ0n) is 15.8. The van der Waals surface area contributed by atoms with E-state index in [1.807, 2.05) is 37.1 Å². The van der Waals surface area contributed by atoms with Gasteiger partial charge in [0.1, 0.15) is 22.5 Å². The van der Waals surface area contributed by atoms with Crippen molar-refractivity contribution >= 4 is 23.1 Å². The standard InChI is InChI=1S/C19H23ClN4O3/c1-12(11-25)15-9-21-24-18(8-17(20)22-19(15)24)23(2)10-13-5-6-14(26-3)7-16(13)27-4/h5-9,12,25H,10-11H2,1-4H3. The van der Waals surface area contributed by atoms with Gasteiger partial charge in [-0.05, 0) is 12.1 Å². The molecule has 2 heterocycles. The first-order valence-corrected chi connectivity index (χ1v) is 8.93. The molecule has 1 aromatic carbocycles. The Balaban J connectivity index is 1.99. The highest BCUT2D eigenvalue weighted by Gasteiger charge is 2.18. The van der Waals surface area contributed by atoms with Crippen molar-refractivity contribution in [3.63, 3.8) is 0 Å². The van der Waals surface area contributed by atoms with E-state index in [1.54, 1.807) is 31.0 Å². The van der Waals surface area contributed by atoms with Gasteiger partial charge in [0.25, 0.3) is 0 Å². The van der Waals surface area contributed by atoms with Crippen LogP contribution in [0, 0.1) is 0 Å². The molecule has 1 unspecified atom stereocenters. The normalized spacial score (nSPS) is 12.2. The molecule has 0 radical (unpaired) electrons. The van der Waals surface area contributed by atoms with E-state index in [1.165, 1.54) is 0 Å². The minimum absolute atomic E-state index is 0.0176. The summed E-state index contributed by atoms with van der Waals surface area (Å²) in [6.07, 6.45) is 1.73. The molecule has 0 aliphatic heterocycles. The molecule has 0 bridgehead atoms. The van der Waals surface area contributed by atoms with Crippen LogP contribution in [0.2, 0.25) is 5.15 Å². The molecule has 27 heavy (non-hydrogen) atoms. The minimum Gasteiger partial charge on any atom is -0.497 e. The number of halogens is 1. The van der Waals surface area contributed by atoms with E-state index >= 15 is 0 Å². The maximum Gasteiger partial charge on any atom is 0.162 e. The van der Waals surface area contributed by atoms with Gasteiger partial charge in [-0.1, -0.05) is 18.5 Å². The molecule has 0 saturated carbocycles. The van der Waals surface area contributed by atoms with Crippen LogP contribution in [0.15, 0.2) is 30.5 Å². The Bertz CT molecular complexity index is 944. The van der Waals surface area contributed by atoms with E-state index in [4.69, 9.17) is 21.1 Å². The maximum atomic E-state index is 9.48. The molecule has 1 atom stereocenters. The Labute approximate surface area is 163 Å². The molecule has 8 heteroatoms. The first kappa shape index (κ1) is 19.3. The number of fused-ring (bicyclic) bond motifs is 1. The molecule has 2 aromatic heterocycles. The van der Waals surface area contributed by atoms with Gasteiger partial charge in [0.05, 0.1) is 20.4 Å². The summed E-state index contributed by atoms with van der Waals surface area (Å²) in [6.45, 7) is 2.52. The predicted molar refractivity (Wildman–Crippen MR) is 105 cm³/mol. The Morgan fingerprint density at radius 1 is 1.26 bits per heavy atom. The topological polar surface area (TPSA) is 72.1 Å². The third-order valence-corrected chi connectivity index (χ3v) is 4.74. The van der Waals surface area contributed by atoms with E-state index in [0.717, 1.165) is 28.4 Å². The monoisotopic (exact) mass is 390 g/mol. The van der Waals surface area contributed by atoms with Crippen molar-refractivity contribution in [3.05, 3.63) is 46.7 Å². The average Bonchev–Trinajstić information content (AvgIpc) is 3.10. The fourth-order valence-corrected chi connectivity index (χ4v) is 3.15. The van der Waals surface area contributed by atoms with Gasteiger partial charge < -0.3 is 19.5 Å². The first-order valence-electron chi connectivity index (χ1n) is 8.55. The molecule has 0 spiro atoms. The predicted octanol–water partition coefficient (Wildman–Crippen LogP) is 3.13. The lowest BCUT2D eigenvalue weighted by molar-refractivity contribution is 0.273. The van der Waals surface area contributed by atoms with E-state index < -0.39 is 0 Å². The lowest BCUT2D eigenvalue weighted by atomic mass is 10.1. The highest BCUT2D eigenvalue weighted by molar-refractivity contribution is 6.29. The van der Waals surface area contributed by atoms with Crippen LogP contribution in [0.1, 0.15) is 24.0 Å². The zero-order valence-corrected chi connectivity index (χ0v) is 16.6. The second-order valence-electron chi connectivity index (χ2n) is 6.39. The molecule has 0 aliphatic rings. The average molecular weight is 391 g/mol. The number of hydrogen-bond acceptors (Lipinski definition) is 6. The summed E-state index contributed by atoms with van der Waals surface area (Å²) in [7, 11) is 5.21. The third-order valence-electron chi connectivity index (χ3n) is 4.55. The van der Waals surface area contributed by atoms with Gasteiger partial charge >= 0.3 is 0 Å². The number of hydrogen-bond donors (Lipinski definition) is 1. The number of benzene rings is 1. The number of methoxy groups -OCH3 is 2. The molecular formula is C19H23ClN4O3. The molecule has 0 amide bonds. The zero-order chi connectivity index (χ0) is 19.6. The van der Waals surface area contributed by atoms with Gasteiger partial charge in [-0.15, -0.1) is 0 Å². The Kier molecular flexibility index (Phi) is 5.72. The summed E-state index contributed by atoms with van der Waals surface area (Å²) in [4.78, 5) is 6.42. The van der Waals surface area contributed by atoms with Crippen molar-refractivity contribution in [1.82, 2.24) is 14.6 Å². The van der Waals surface area contributed by atoms with Gasteiger partial charge in [-0.25, -0.2) is 4.98 Å². The van der Waals surface area contributed by atoms with Crippen LogP contribution in [0.4, 0.5) is 5.82 Å². The van der Waals surface area contributed by atoms with E-state index in [-0.39, 0.29) is 12.5 Å². The molecule has 0 aliphatic carbocycles. The van der Waals surface area contributed by atoms with Crippen molar-refractivity contribution in [2.45, 2.75) is 19.4 Å². The van der Waals surface area contributed by atoms with Crippen LogP contribution < -0.4 is 14.4 Å². The third kappa shape index (κ3) is 3.79. The molecule has 3 aromatic rings. The quantitative estimate of drug-likeness (QED) is 0.625. The van der Waals surface area contributed by atoms with E-state index in [9.17, 15) is 5.11 Å².